The van der Waals surface area contributed by atoms with E-state index in [0.717, 1.165) is 29.1 Å². The number of fused-ring (bicyclic) bond motifs is 2. The second kappa shape index (κ2) is 6.06. The summed E-state index contributed by atoms with van der Waals surface area (Å²) >= 11 is 0. The lowest BCUT2D eigenvalue weighted by atomic mass is 10.00. The number of ketones is 1. The van der Waals surface area contributed by atoms with Crippen LogP contribution >= 0.6 is 0 Å². The lowest BCUT2D eigenvalue weighted by molar-refractivity contribution is -0.133. The van der Waals surface area contributed by atoms with Gasteiger partial charge in [0.1, 0.15) is 5.82 Å². The van der Waals surface area contributed by atoms with Gasteiger partial charge in [-0.25, -0.2) is 9.97 Å². The first kappa shape index (κ1) is 15.9. The molecule has 1 amide bonds. The molecule has 2 aromatic rings. The zero-order valence-electron chi connectivity index (χ0n) is 14.5. The van der Waals surface area contributed by atoms with Gasteiger partial charge in [-0.1, -0.05) is 38.1 Å². The van der Waals surface area contributed by atoms with Crippen LogP contribution in [0.4, 0.5) is 0 Å². The van der Waals surface area contributed by atoms with Crippen LogP contribution in [0.2, 0.25) is 0 Å². The number of aromatic nitrogens is 2. The van der Waals surface area contributed by atoms with Crippen molar-refractivity contribution in [2.24, 2.45) is 5.92 Å². The summed E-state index contributed by atoms with van der Waals surface area (Å²) in [6, 6.07) is 7.45. The average Bonchev–Trinajstić information content (AvgIpc) is 3.15. The largest absolute Gasteiger partial charge is 0.332 e. The Morgan fingerprint density at radius 3 is 2.88 bits per heavy atom. The van der Waals surface area contributed by atoms with E-state index in [-0.39, 0.29) is 24.0 Å². The topological polar surface area (TPSA) is 63.2 Å². The SMILES string of the molecule is CC(C)Cc1ncc2c(n1)CN(C(=O)[C@H]1CC(=O)c3ccccc31)C2. The number of hydrogen-bond donors (Lipinski definition) is 0. The molecular formula is C20H21N3O2. The molecular weight excluding hydrogens is 314 g/mol. The third-order valence-electron chi connectivity index (χ3n) is 4.93. The molecule has 1 atom stereocenters. The molecule has 0 unspecified atom stereocenters. The second-order valence-corrected chi connectivity index (χ2v) is 7.32. The fourth-order valence-corrected chi connectivity index (χ4v) is 3.71. The summed E-state index contributed by atoms with van der Waals surface area (Å²) in [4.78, 5) is 36.1. The summed E-state index contributed by atoms with van der Waals surface area (Å²) in [6.07, 6.45) is 2.96. The molecule has 0 N–H and O–H groups in total. The number of Topliss-reactive ketones (excluding diaryl/α,β-unsaturated/α-hetero) is 1. The fraction of sp³-hybridized carbons (Fsp3) is 0.400. The Bertz CT molecular complexity index is 860. The van der Waals surface area contributed by atoms with E-state index in [2.05, 4.69) is 23.8 Å². The van der Waals surface area contributed by atoms with E-state index in [9.17, 15) is 9.59 Å². The van der Waals surface area contributed by atoms with Crippen LogP contribution in [0.1, 0.15) is 59.2 Å². The Morgan fingerprint density at radius 2 is 2.08 bits per heavy atom. The van der Waals surface area contributed by atoms with Gasteiger partial charge >= 0.3 is 0 Å². The molecule has 1 aromatic heterocycles. The summed E-state index contributed by atoms with van der Waals surface area (Å²) in [5, 5.41) is 0. The van der Waals surface area contributed by atoms with Gasteiger partial charge in [0.25, 0.3) is 0 Å². The van der Waals surface area contributed by atoms with Crippen LogP contribution in [0.25, 0.3) is 0 Å². The standard InChI is InChI=1S/C20H21N3O2/c1-12(2)7-19-21-9-13-10-23(11-17(13)22-19)20(25)16-8-18(24)15-6-4-3-5-14(15)16/h3-6,9,12,16H,7-8,10-11H2,1-2H3/t16-/m0/s1. The Labute approximate surface area is 147 Å². The molecule has 128 valence electrons. The molecule has 0 spiro atoms. The first-order chi connectivity index (χ1) is 12.0. The van der Waals surface area contributed by atoms with E-state index in [0.29, 0.717) is 24.6 Å². The number of carbonyl (C=O) groups is 2. The molecule has 0 bridgehead atoms. The molecule has 0 fully saturated rings. The average molecular weight is 335 g/mol. The highest BCUT2D eigenvalue weighted by atomic mass is 16.2. The first-order valence-corrected chi connectivity index (χ1v) is 8.77. The van der Waals surface area contributed by atoms with Gasteiger partial charge in [0.05, 0.1) is 18.2 Å². The third kappa shape index (κ3) is 2.84. The fourth-order valence-electron chi connectivity index (χ4n) is 3.71. The highest BCUT2D eigenvalue weighted by Crippen LogP contribution is 2.36. The minimum atomic E-state index is -0.360. The van der Waals surface area contributed by atoms with Crippen molar-refractivity contribution in [3.8, 4) is 0 Å². The Morgan fingerprint density at radius 1 is 1.28 bits per heavy atom. The molecule has 2 heterocycles. The normalized spacial score (nSPS) is 18.6. The van der Waals surface area contributed by atoms with Crippen molar-refractivity contribution >= 4 is 11.7 Å². The van der Waals surface area contributed by atoms with Crippen LogP contribution in [-0.4, -0.2) is 26.6 Å². The zero-order chi connectivity index (χ0) is 17.6. The molecule has 5 nitrogen and oxygen atoms in total. The third-order valence-corrected chi connectivity index (χ3v) is 4.93. The minimum Gasteiger partial charge on any atom is -0.332 e. The number of hydrogen-bond acceptors (Lipinski definition) is 4. The van der Waals surface area contributed by atoms with Gasteiger partial charge in [0.15, 0.2) is 5.78 Å². The maximum absolute atomic E-state index is 13.0. The van der Waals surface area contributed by atoms with Gasteiger partial charge in [-0.05, 0) is 11.5 Å². The van der Waals surface area contributed by atoms with E-state index in [1.165, 1.54) is 0 Å². The van der Waals surface area contributed by atoms with Crippen molar-refractivity contribution in [1.29, 1.82) is 0 Å². The van der Waals surface area contributed by atoms with Crippen molar-refractivity contribution in [3.63, 3.8) is 0 Å². The number of nitrogens with zero attached hydrogens (tertiary/aromatic N) is 3. The zero-order valence-corrected chi connectivity index (χ0v) is 14.5. The highest BCUT2D eigenvalue weighted by molar-refractivity contribution is 6.06. The predicted molar refractivity (Wildman–Crippen MR) is 93.0 cm³/mol. The van der Waals surface area contributed by atoms with Crippen molar-refractivity contribution in [2.45, 2.75) is 45.7 Å². The Balaban J connectivity index is 1.54. The molecule has 0 saturated carbocycles. The smallest absolute Gasteiger partial charge is 0.231 e. The van der Waals surface area contributed by atoms with E-state index >= 15 is 0 Å². The van der Waals surface area contributed by atoms with Gasteiger partial charge in [-0.2, -0.15) is 0 Å². The van der Waals surface area contributed by atoms with Crippen molar-refractivity contribution in [1.82, 2.24) is 14.9 Å². The number of rotatable bonds is 3. The molecule has 5 heteroatoms. The molecule has 0 saturated heterocycles. The number of carbonyl (C=O) groups excluding carboxylic acids is 2. The summed E-state index contributed by atoms with van der Waals surface area (Å²) < 4.78 is 0. The van der Waals surface area contributed by atoms with Crippen LogP contribution in [-0.2, 0) is 24.3 Å². The van der Waals surface area contributed by atoms with Crippen LogP contribution in [0.15, 0.2) is 30.5 Å². The summed E-state index contributed by atoms with van der Waals surface area (Å²) in [7, 11) is 0. The van der Waals surface area contributed by atoms with Gasteiger partial charge in [-0.15, -0.1) is 0 Å². The number of amides is 1. The lowest BCUT2D eigenvalue weighted by Gasteiger charge is -2.19. The summed E-state index contributed by atoms with van der Waals surface area (Å²) in [5.41, 5.74) is 3.51. The van der Waals surface area contributed by atoms with Gasteiger partial charge in [0, 0.05) is 36.7 Å². The number of benzene rings is 1. The van der Waals surface area contributed by atoms with E-state index < -0.39 is 0 Å². The van der Waals surface area contributed by atoms with Gasteiger partial charge < -0.3 is 4.90 Å². The van der Waals surface area contributed by atoms with Crippen LogP contribution in [0.5, 0.6) is 0 Å². The highest BCUT2D eigenvalue weighted by Gasteiger charge is 2.38. The molecule has 1 aromatic carbocycles. The minimum absolute atomic E-state index is 0.0155. The Hall–Kier alpha value is -2.56. The van der Waals surface area contributed by atoms with Gasteiger partial charge in [-0.3, -0.25) is 9.59 Å². The Kier molecular flexibility index (Phi) is 3.86. The molecule has 0 radical (unpaired) electrons. The van der Waals surface area contributed by atoms with Crippen LogP contribution in [0, 0.1) is 5.92 Å². The predicted octanol–water partition coefficient (Wildman–Crippen LogP) is 2.89. The summed E-state index contributed by atoms with van der Waals surface area (Å²) in [6.45, 7) is 5.32. The second-order valence-electron chi connectivity index (χ2n) is 7.32. The maximum atomic E-state index is 13.0. The van der Waals surface area contributed by atoms with Crippen molar-refractivity contribution in [2.75, 3.05) is 0 Å². The van der Waals surface area contributed by atoms with Gasteiger partial charge in [0.2, 0.25) is 5.91 Å². The lowest BCUT2D eigenvalue weighted by Crippen LogP contribution is -2.30. The quantitative estimate of drug-likeness (QED) is 0.865. The molecule has 4 rings (SSSR count). The van der Waals surface area contributed by atoms with E-state index in [4.69, 9.17) is 0 Å². The maximum Gasteiger partial charge on any atom is 0.231 e. The molecule has 1 aliphatic carbocycles. The van der Waals surface area contributed by atoms with Crippen LogP contribution < -0.4 is 0 Å². The summed E-state index contributed by atoms with van der Waals surface area (Å²) in [5.74, 6) is 1.05. The van der Waals surface area contributed by atoms with Crippen molar-refractivity contribution in [3.05, 3.63) is 58.7 Å². The molecule has 25 heavy (non-hydrogen) atoms. The molecule has 1 aliphatic heterocycles. The molecule has 2 aliphatic rings. The van der Waals surface area contributed by atoms with E-state index in [1.54, 1.807) is 4.90 Å². The monoisotopic (exact) mass is 335 g/mol. The first-order valence-electron chi connectivity index (χ1n) is 8.77. The van der Waals surface area contributed by atoms with Crippen LogP contribution in [0.3, 0.4) is 0 Å². The van der Waals surface area contributed by atoms with Crippen molar-refractivity contribution < 1.29 is 9.59 Å². The van der Waals surface area contributed by atoms with E-state index in [1.807, 2.05) is 30.5 Å².